The van der Waals surface area contributed by atoms with Crippen molar-refractivity contribution in [2.24, 2.45) is 5.92 Å². The number of hydrogen-bond acceptors (Lipinski definition) is 6. The fourth-order valence-electron chi connectivity index (χ4n) is 3.85. The summed E-state index contributed by atoms with van der Waals surface area (Å²) in [7, 11) is 3.15. The fourth-order valence-corrected chi connectivity index (χ4v) is 3.85. The van der Waals surface area contributed by atoms with E-state index in [0.29, 0.717) is 56.2 Å². The Balaban J connectivity index is 1.88. The predicted molar refractivity (Wildman–Crippen MR) is 126 cm³/mol. The molecule has 1 aliphatic heterocycles. The summed E-state index contributed by atoms with van der Waals surface area (Å²) in [4.78, 5) is 40.6. The van der Waals surface area contributed by atoms with Gasteiger partial charge in [-0.15, -0.1) is 0 Å². The molecule has 0 unspecified atom stereocenters. The Kier molecular flexibility index (Phi) is 11.0. The molecule has 0 bridgehead atoms. The third-order valence-corrected chi connectivity index (χ3v) is 5.85. The van der Waals surface area contributed by atoms with E-state index >= 15 is 0 Å². The molecule has 1 aromatic rings. The number of esters is 1. The van der Waals surface area contributed by atoms with Crippen molar-refractivity contribution in [1.29, 1.82) is 0 Å². The molecule has 2 rings (SSSR count). The molecule has 0 N–H and O–H groups in total. The van der Waals surface area contributed by atoms with Gasteiger partial charge in [0.2, 0.25) is 5.91 Å². The number of rotatable bonds is 12. The van der Waals surface area contributed by atoms with Crippen LogP contribution in [0.4, 0.5) is 0 Å². The summed E-state index contributed by atoms with van der Waals surface area (Å²) in [6.45, 7) is 5.87. The average Bonchev–Trinajstić information content (AvgIpc) is 2.83. The lowest BCUT2D eigenvalue weighted by molar-refractivity contribution is -0.151. The highest BCUT2D eigenvalue weighted by Gasteiger charge is 2.29. The van der Waals surface area contributed by atoms with Crippen LogP contribution in [0.1, 0.15) is 62.7 Å². The summed E-state index contributed by atoms with van der Waals surface area (Å²) < 4.78 is 16.3. The van der Waals surface area contributed by atoms with Gasteiger partial charge in [0.25, 0.3) is 5.91 Å². The van der Waals surface area contributed by atoms with Crippen LogP contribution in [0.15, 0.2) is 18.2 Å². The van der Waals surface area contributed by atoms with E-state index in [4.69, 9.17) is 14.2 Å². The number of carbonyl (C=O) groups excluding carboxylic acids is 3. The molecular weight excluding hydrogens is 424 g/mol. The Hall–Kier alpha value is -2.77. The molecule has 0 atom stereocenters. The highest BCUT2D eigenvalue weighted by atomic mass is 16.5. The second kappa shape index (κ2) is 13.7. The van der Waals surface area contributed by atoms with Gasteiger partial charge < -0.3 is 24.0 Å². The van der Waals surface area contributed by atoms with Gasteiger partial charge in [-0.1, -0.05) is 26.2 Å². The minimum Gasteiger partial charge on any atom is -0.493 e. The second-order valence-corrected chi connectivity index (χ2v) is 8.34. The summed E-state index contributed by atoms with van der Waals surface area (Å²) in [5, 5.41) is 0. The Morgan fingerprint density at radius 2 is 1.79 bits per heavy atom. The van der Waals surface area contributed by atoms with Gasteiger partial charge in [0.1, 0.15) is 0 Å². The van der Waals surface area contributed by atoms with Crippen molar-refractivity contribution in [3.8, 4) is 11.5 Å². The van der Waals surface area contributed by atoms with E-state index in [1.54, 1.807) is 44.2 Å². The molecular formula is C25H38N2O6. The molecule has 2 amide bonds. The number of likely N-dealkylation sites (N-methyl/N-ethyl adjacent to an activating group) is 1. The maximum Gasteiger partial charge on any atom is 0.309 e. The number of unbranched alkanes of at least 4 members (excludes halogenated alkanes) is 3. The Bertz CT molecular complexity index is 789. The van der Waals surface area contributed by atoms with Crippen LogP contribution in [0.3, 0.4) is 0 Å². The summed E-state index contributed by atoms with van der Waals surface area (Å²) in [5.74, 6) is 0.350. The third kappa shape index (κ3) is 7.94. The van der Waals surface area contributed by atoms with E-state index in [9.17, 15) is 14.4 Å². The number of nitrogens with zero attached hydrogens (tertiary/aromatic N) is 2. The highest BCUT2D eigenvalue weighted by Crippen LogP contribution is 2.29. The van der Waals surface area contributed by atoms with Gasteiger partial charge in [-0.25, -0.2) is 0 Å². The van der Waals surface area contributed by atoms with Crippen molar-refractivity contribution < 1.29 is 28.6 Å². The molecule has 0 aromatic heterocycles. The van der Waals surface area contributed by atoms with Crippen LogP contribution < -0.4 is 9.47 Å². The van der Waals surface area contributed by atoms with Crippen molar-refractivity contribution in [2.45, 2.75) is 52.4 Å². The molecule has 1 saturated heterocycles. The lowest BCUT2D eigenvalue weighted by Crippen LogP contribution is -2.45. The average molecular weight is 463 g/mol. The number of benzene rings is 1. The summed E-state index contributed by atoms with van der Waals surface area (Å²) in [6.07, 6.45) is 5.61. The first-order valence-electron chi connectivity index (χ1n) is 11.9. The van der Waals surface area contributed by atoms with Gasteiger partial charge in [-0.3, -0.25) is 14.4 Å². The fraction of sp³-hybridized carbons (Fsp3) is 0.640. The van der Waals surface area contributed by atoms with E-state index in [1.165, 1.54) is 17.7 Å². The number of amides is 2. The predicted octanol–water partition coefficient (Wildman–Crippen LogP) is 3.53. The first-order valence-corrected chi connectivity index (χ1v) is 11.9. The van der Waals surface area contributed by atoms with Gasteiger partial charge in [-0.05, 0) is 44.4 Å². The monoisotopic (exact) mass is 462 g/mol. The van der Waals surface area contributed by atoms with Crippen LogP contribution in [-0.2, 0) is 14.3 Å². The van der Waals surface area contributed by atoms with Crippen LogP contribution in [0.25, 0.3) is 0 Å². The van der Waals surface area contributed by atoms with E-state index < -0.39 is 0 Å². The molecule has 1 fully saturated rings. The van der Waals surface area contributed by atoms with E-state index in [0.717, 1.165) is 12.8 Å². The number of hydrogen-bond donors (Lipinski definition) is 0. The van der Waals surface area contributed by atoms with E-state index in [-0.39, 0.29) is 30.2 Å². The molecule has 33 heavy (non-hydrogen) atoms. The number of ether oxygens (including phenoxy) is 3. The molecule has 184 valence electrons. The molecule has 0 radical (unpaired) electrons. The van der Waals surface area contributed by atoms with Crippen LogP contribution in [0.2, 0.25) is 0 Å². The van der Waals surface area contributed by atoms with Crippen molar-refractivity contribution in [3.05, 3.63) is 23.8 Å². The summed E-state index contributed by atoms with van der Waals surface area (Å²) in [6, 6.07) is 5.08. The van der Waals surface area contributed by atoms with Crippen molar-refractivity contribution in [2.75, 3.05) is 47.0 Å². The number of methoxy groups -OCH3 is 1. The number of piperidine rings is 1. The van der Waals surface area contributed by atoms with Crippen LogP contribution in [-0.4, -0.2) is 74.6 Å². The lowest BCUT2D eigenvalue weighted by atomic mass is 9.97. The van der Waals surface area contributed by atoms with Gasteiger partial charge in [0.05, 0.1) is 32.8 Å². The largest absolute Gasteiger partial charge is 0.493 e. The van der Waals surface area contributed by atoms with Gasteiger partial charge in [0.15, 0.2) is 11.5 Å². The molecule has 0 spiro atoms. The first-order chi connectivity index (χ1) is 15.9. The SMILES string of the molecule is CCCCCCOc1ccc(C(=O)N(C)CC(=O)N2CCC(C(=O)OCC)CC2)cc1OC. The lowest BCUT2D eigenvalue weighted by Gasteiger charge is -2.32. The van der Waals surface area contributed by atoms with Crippen LogP contribution in [0.5, 0.6) is 11.5 Å². The molecule has 1 heterocycles. The van der Waals surface area contributed by atoms with Crippen LogP contribution >= 0.6 is 0 Å². The van der Waals surface area contributed by atoms with Gasteiger partial charge in [0, 0.05) is 25.7 Å². The first kappa shape index (κ1) is 26.5. The smallest absolute Gasteiger partial charge is 0.309 e. The van der Waals surface area contributed by atoms with Crippen molar-refractivity contribution in [1.82, 2.24) is 9.80 Å². The van der Waals surface area contributed by atoms with Crippen LogP contribution in [0, 0.1) is 5.92 Å². The van der Waals surface area contributed by atoms with Gasteiger partial charge in [-0.2, -0.15) is 0 Å². The van der Waals surface area contributed by atoms with Gasteiger partial charge >= 0.3 is 5.97 Å². The molecule has 1 aromatic carbocycles. The Labute approximate surface area is 197 Å². The van der Waals surface area contributed by atoms with E-state index in [2.05, 4.69) is 6.92 Å². The summed E-state index contributed by atoms with van der Waals surface area (Å²) >= 11 is 0. The zero-order chi connectivity index (χ0) is 24.2. The summed E-state index contributed by atoms with van der Waals surface area (Å²) in [5.41, 5.74) is 0.432. The molecule has 8 heteroatoms. The standard InChI is InChI=1S/C25H38N2O6/c1-5-7-8-9-16-33-21-11-10-20(17-22(21)31-4)24(29)26(3)18-23(28)27-14-12-19(13-15-27)25(30)32-6-2/h10-11,17,19H,5-9,12-16,18H2,1-4H3. The maximum atomic E-state index is 12.9. The molecule has 1 aliphatic rings. The Morgan fingerprint density at radius 3 is 2.42 bits per heavy atom. The minimum atomic E-state index is -0.266. The third-order valence-electron chi connectivity index (χ3n) is 5.85. The minimum absolute atomic E-state index is 0.0269. The van der Waals surface area contributed by atoms with Crippen molar-refractivity contribution >= 4 is 17.8 Å². The number of carbonyl (C=O) groups is 3. The second-order valence-electron chi connectivity index (χ2n) is 8.34. The molecule has 0 saturated carbocycles. The van der Waals surface area contributed by atoms with E-state index in [1.807, 2.05) is 0 Å². The zero-order valence-corrected chi connectivity index (χ0v) is 20.4. The topological polar surface area (TPSA) is 85.4 Å². The zero-order valence-electron chi connectivity index (χ0n) is 20.4. The Morgan fingerprint density at radius 1 is 1.06 bits per heavy atom. The normalized spacial score (nSPS) is 14.0. The molecule has 0 aliphatic carbocycles. The highest BCUT2D eigenvalue weighted by molar-refractivity contribution is 5.97. The maximum absolute atomic E-state index is 12.9. The molecule has 8 nitrogen and oxygen atoms in total. The quantitative estimate of drug-likeness (QED) is 0.349. The van der Waals surface area contributed by atoms with Crippen molar-refractivity contribution in [3.63, 3.8) is 0 Å². The number of likely N-dealkylation sites (tertiary alicyclic amines) is 1.